The average molecular weight is 517 g/mol. The van der Waals surface area contributed by atoms with Crippen molar-refractivity contribution in [3.63, 3.8) is 0 Å². The summed E-state index contributed by atoms with van der Waals surface area (Å²) in [5.74, 6) is 0.142. The number of benzene rings is 2. The lowest BCUT2D eigenvalue weighted by Crippen LogP contribution is -2.24. The molecule has 1 amide bonds. The Hall–Kier alpha value is -3.79. The fourth-order valence-electron chi connectivity index (χ4n) is 2.63. The molecule has 33 heavy (non-hydrogen) atoms. The first-order valence-electron chi connectivity index (χ1n) is 9.86. The molecule has 0 spiro atoms. The van der Waals surface area contributed by atoms with Crippen LogP contribution in [0.5, 0.6) is 17.2 Å². The van der Waals surface area contributed by atoms with Crippen molar-refractivity contribution in [2.75, 3.05) is 13.2 Å². The molecule has 10 heteroatoms. The Labute approximate surface area is 198 Å². The summed E-state index contributed by atoms with van der Waals surface area (Å²) in [4.78, 5) is 22.8. The summed E-state index contributed by atoms with van der Waals surface area (Å²) >= 11 is 3.34. The number of aromatic carboxylic acids is 1. The van der Waals surface area contributed by atoms with E-state index in [0.717, 1.165) is 4.47 Å². The zero-order chi connectivity index (χ0) is 23.6. The number of furan rings is 1. The normalized spacial score (nSPS) is 10.7. The summed E-state index contributed by atoms with van der Waals surface area (Å²) in [5, 5.41) is 12.9. The summed E-state index contributed by atoms with van der Waals surface area (Å²) in [6.45, 7) is 2.10. The number of carboxylic acids is 1. The van der Waals surface area contributed by atoms with Crippen LogP contribution >= 0.6 is 15.9 Å². The molecular formula is C23H21BrN2O7. The van der Waals surface area contributed by atoms with Crippen LogP contribution in [0.25, 0.3) is 0 Å². The molecule has 0 bridgehead atoms. The van der Waals surface area contributed by atoms with Crippen molar-refractivity contribution < 1.29 is 33.3 Å². The van der Waals surface area contributed by atoms with E-state index in [1.165, 1.54) is 18.3 Å². The number of hydrogen-bond acceptors (Lipinski definition) is 7. The van der Waals surface area contributed by atoms with Crippen molar-refractivity contribution >= 4 is 34.0 Å². The highest BCUT2D eigenvalue weighted by atomic mass is 79.9. The molecule has 0 saturated carbocycles. The minimum absolute atomic E-state index is 0.0365. The Morgan fingerprint density at radius 3 is 2.67 bits per heavy atom. The summed E-state index contributed by atoms with van der Waals surface area (Å²) < 4.78 is 22.8. The van der Waals surface area contributed by atoms with Gasteiger partial charge in [-0.15, -0.1) is 0 Å². The van der Waals surface area contributed by atoms with Gasteiger partial charge in [0.15, 0.2) is 18.1 Å². The van der Waals surface area contributed by atoms with Gasteiger partial charge in [-0.3, -0.25) is 4.79 Å². The highest BCUT2D eigenvalue weighted by molar-refractivity contribution is 9.10. The summed E-state index contributed by atoms with van der Waals surface area (Å²) in [6, 6.07) is 15.2. The number of rotatable bonds is 11. The third-order valence-corrected chi connectivity index (χ3v) is 4.57. The number of carboxylic acid groups (broad SMARTS) is 1. The fraction of sp³-hybridized carbons (Fsp3) is 0.174. The summed E-state index contributed by atoms with van der Waals surface area (Å²) in [6.07, 6.45) is 1.47. The number of halogens is 1. The Bertz CT molecular complexity index is 1140. The van der Waals surface area contributed by atoms with Gasteiger partial charge in [0.2, 0.25) is 5.76 Å². The van der Waals surface area contributed by atoms with Gasteiger partial charge in [-0.05, 0) is 61.0 Å². The second kappa shape index (κ2) is 11.7. The number of carbonyl (C=O) groups excluding carboxylic acids is 1. The van der Waals surface area contributed by atoms with E-state index in [1.54, 1.807) is 36.4 Å². The summed E-state index contributed by atoms with van der Waals surface area (Å²) in [5.41, 5.74) is 3.07. The molecule has 0 atom stereocenters. The lowest BCUT2D eigenvalue weighted by Gasteiger charge is -2.11. The zero-order valence-corrected chi connectivity index (χ0v) is 19.2. The molecule has 0 aliphatic heterocycles. The number of ether oxygens (including phenoxy) is 3. The van der Waals surface area contributed by atoms with Crippen LogP contribution in [-0.4, -0.2) is 36.4 Å². The number of hydrogen-bond donors (Lipinski definition) is 2. The molecule has 172 valence electrons. The number of carbonyl (C=O) groups is 2. The van der Waals surface area contributed by atoms with E-state index in [4.69, 9.17) is 23.7 Å². The first-order valence-corrected chi connectivity index (χ1v) is 10.7. The molecular weight excluding hydrogens is 496 g/mol. The van der Waals surface area contributed by atoms with E-state index in [2.05, 4.69) is 26.5 Å². The Balaban J connectivity index is 1.55. The lowest BCUT2D eigenvalue weighted by molar-refractivity contribution is -0.123. The van der Waals surface area contributed by atoms with Crippen LogP contribution in [0.2, 0.25) is 0 Å². The Morgan fingerprint density at radius 2 is 1.94 bits per heavy atom. The SMILES string of the molecule is CCOc1cc(C=NNC(=O)COc2cccc(Br)c2)ccc1OCc1ccc(C(=O)O)o1. The van der Waals surface area contributed by atoms with E-state index >= 15 is 0 Å². The minimum Gasteiger partial charge on any atom is -0.490 e. The van der Waals surface area contributed by atoms with Crippen molar-refractivity contribution in [2.45, 2.75) is 13.5 Å². The van der Waals surface area contributed by atoms with Crippen molar-refractivity contribution in [1.29, 1.82) is 0 Å². The van der Waals surface area contributed by atoms with E-state index in [1.807, 2.05) is 13.0 Å². The molecule has 1 heterocycles. The molecule has 2 N–H and O–H groups in total. The van der Waals surface area contributed by atoms with Gasteiger partial charge in [0.25, 0.3) is 5.91 Å². The van der Waals surface area contributed by atoms with Gasteiger partial charge < -0.3 is 23.7 Å². The van der Waals surface area contributed by atoms with E-state index in [0.29, 0.717) is 35.2 Å². The quantitative estimate of drug-likeness (QED) is 0.288. The van der Waals surface area contributed by atoms with Gasteiger partial charge in [-0.1, -0.05) is 22.0 Å². The largest absolute Gasteiger partial charge is 0.490 e. The topological polar surface area (TPSA) is 120 Å². The third-order valence-electron chi connectivity index (χ3n) is 4.08. The maximum Gasteiger partial charge on any atom is 0.371 e. The smallest absolute Gasteiger partial charge is 0.371 e. The highest BCUT2D eigenvalue weighted by Crippen LogP contribution is 2.29. The second-order valence-corrected chi connectivity index (χ2v) is 7.45. The fourth-order valence-corrected chi connectivity index (χ4v) is 3.01. The van der Waals surface area contributed by atoms with Crippen LogP contribution in [0.15, 0.2) is 68.6 Å². The predicted molar refractivity (Wildman–Crippen MR) is 123 cm³/mol. The molecule has 9 nitrogen and oxygen atoms in total. The molecule has 0 fully saturated rings. The molecule has 0 unspecified atom stereocenters. The molecule has 0 aliphatic rings. The van der Waals surface area contributed by atoms with E-state index in [-0.39, 0.29) is 19.0 Å². The van der Waals surface area contributed by atoms with Gasteiger partial charge >= 0.3 is 5.97 Å². The number of nitrogens with one attached hydrogen (secondary N) is 1. The van der Waals surface area contributed by atoms with Gasteiger partial charge in [0.1, 0.15) is 18.1 Å². The molecule has 0 aliphatic carbocycles. The van der Waals surface area contributed by atoms with Gasteiger partial charge in [-0.25, -0.2) is 10.2 Å². The van der Waals surface area contributed by atoms with Gasteiger partial charge in [-0.2, -0.15) is 5.10 Å². The highest BCUT2D eigenvalue weighted by Gasteiger charge is 2.11. The van der Waals surface area contributed by atoms with Crippen molar-refractivity contribution in [2.24, 2.45) is 5.10 Å². The molecule has 3 rings (SSSR count). The first-order chi connectivity index (χ1) is 15.9. The van der Waals surface area contributed by atoms with Crippen LogP contribution in [0.3, 0.4) is 0 Å². The molecule has 3 aromatic rings. The van der Waals surface area contributed by atoms with Crippen molar-refractivity contribution in [3.05, 3.63) is 76.2 Å². The third kappa shape index (κ3) is 7.39. The lowest BCUT2D eigenvalue weighted by atomic mass is 10.2. The molecule has 0 saturated heterocycles. The monoisotopic (exact) mass is 516 g/mol. The molecule has 2 aromatic carbocycles. The number of hydrazone groups is 1. The number of amides is 1. The number of nitrogens with zero attached hydrogens (tertiary/aromatic N) is 1. The maximum atomic E-state index is 11.9. The molecule has 1 aromatic heterocycles. The van der Waals surface area contributed by atoms with Crippen molar-refractivity contribution in [1.82, 2.24) is 5.43 Å². The van der Waals surface area contributed by atoms with Crippen LogP contribution in [0.4, 0.5) is 0 Å². The van der Waals surface area contributed by atoms with Gasteiger partial charge in [0.05, 0.1) is 12.8 Å². The predicted octanol–water partition coefficient (Wildman–Crippen LogP) is 4.25. The minimum atomic E-state index is -1.15. The van der Waals surface area contributed by atoms with Crippen LogP contribution < -0.4 is 19.6 Å². The summed E-state index contributed by atoms with van der Waals surface area (Å²) in [7, 11) is 0. The van der Waals surface area contributed by atoms with Gasteiger partial charge in [0, 0.05) is 4.47 Å². The van der Waals surface area contributed by atoms with Crippen LogP contribution in [-0.2, 0) is 11.4 Å². The average Bonchev–Trinajstić information content (AvgIpc) is 3.27. The Morgan fingerprint density at radius 1 is 1.09 bits per heavy atom. The Kier molecular flexibility index (Phi) is 8.48. The second-order valence-electron chi connectivity index (χ2n) is 6.54. The van der Waals surface area contributed by atoms with Crippen molar-refractivity contribution in [3.8, 4) is 17.2 Å². The first kappa shape index (κ1) is 23.9. The zero-order valence-electron chi connectivity index (χ0n) is 17.6. The van der Waals surface area contributed by atoms with E-state index in [9.17, 15) is 9.59 Å². The van der Waals surface area contributed by atoms with Crippen LogP contribution in [0, 0.1) is 0 Å². The molecule has 0 radical (unpaired) electrons. The van der Waals surface area contributed by atoms with E-state index < -0.39 is 11.9 Å². The standard InChI is InChI=1S/C23H21BrN2O7/c1-2-30-21-10-15(6-8-19(21)32-13-18-7-9-20(33-18)23(28)29)12-25-26-22(27)14-31-17-5-3-4-16(24)11-17/h3-12H,2,13-14H2,1H3,(H,26,27)(H,28,29). The van der Waals surface area contributed by atoms with Crippen LogP contribution in [0.1, 0.15) is 28.8 Å². The maximum absolute atomic E-state index is 11.9.